The number of para-hydroxylation sites is 1. The number of ether oxygens (including phenoxy) is 3. The fourth-order valence-corrected chi connectivity index (χ4v) is 5.13. The zero-order valence-electron chi connectivity index (χ0n) is 18.2. The summed E-state index contributed by atoms with van der Waals surface area (Å²) in [7, 11) is -3.77. The smallest absolute Gasteiger partial charge is 0.387 e. The second-order valence-corrected chi connectivity index (χ2v) is 9.58. The molecule has 0 saturated carbocycles. The number of fused-ring (bicyclic) bond motifs is 1. The predicted molar refractivity (Wildman–Crippen MR) is 119 cm³/mol. The number of sulfonamides is 1. The highest BCUT2D eigenvalue weighted by atomic mass is 32.2. The summed E-state index contributed by atoms with van der Waals surface area (Å²) in [5.74, 6) is 0.528. The van der Waals surface area contributed by atoms with Gasteiger partial charge in [0.1, 0.15) is 5.75 Å². The van der Waals surface area contributed by atoms with Gasteiger partial charge in [0.15, 0.2) is 11.5 Å². The Morgan fingerprint density at radius 3 is 2.44 bits per heavy atom. The number of carbonyl (C=O) groups excluding carboxylic acids is 1. The molecule has 0 atom stereocenters. The number of alkyl halides is 2. The van der Waals surface area contributed by atoms with Crippen LogP contribution in [0.2, 0.25) is 0 Å². The van der Waals surface area contributed by atoms with Gasteiger partial charge in [0.05, 0.1) is 18.1 Å². The lowest BCUT2D eigenvalue weighted by Gasteiger charge is -2.33. The fourth-order valence-electron chi connectivity index (χ4n) is 3.69. The summed E-state index contributed by atoms with van der Waals surface area (Å²) in [6.07, 6.45) is 3.38. The Morgan fingerprint density at radius 1 is 1.00 bits per heavy atom. The van der Waals surface area contributed by atoms with Crippen LogP contribution in [0.3, 0.4) is 0 Å². The van der Waals surface area contributed by atoms with Crippen LogP contribution < -0.4 is 14.2 Å². The molecule has 11 heteroatoms. The number of benzene rings is 2. The summed E-state index contributed by atoms with van der Waals surface area (Å²) in [5.41, 5.74) is 0.340. The minimum absolute atomic E-state index is 0.0346. The van der Waals surface area contributed by atoms with Crippen molar-refractivity contribution in [3.8, 4) is 17.2 Å². The lowest BCUT2D eigenvalue weighted by molar-refractivity contribution is -0.127. The normalized spacial score (nSPS) is 17.1. The van der Waals surface area contributed by atoms with E-state index in [-0.39, 0.29) is 42.7 Å². The Hall–Kier alpha value is -3.18. The second kappa shape index (κ2) is 10.4. The van der Waals surface area contributed by atoms with E-state index in [0.29, 0.717) is 36.7 Å². The molecule has 2 aromatic rings. The van der Waals surface area contributed by atoms with E-state index in [2.05, 4.69) is 4.74 Å². The van der Waals surface area contributed by atoms with E-state index in [9.17, 15) is 22.0 Å². The van der Waals surface area contributed by atoms with Crippen molar-refractivity contribution in [2.24, 2.45) is 0 Å². The van der Waals surface area contributed by atoms with E-state index in [1.807, 2.05) is 0 Å². The van der Waals surface area contributed by atoms with Crippen LogP contribution in [0, 0.1) is 0 Å². The molecule has 0 N–H and O–H groups in total. The average Bonchev–Trinajstić information content (AvgIpc) is 3.08. The Bertz CT molecular complexity index is 1160. The molecule has 2 heterocycles. The van der Waals surface area contributed by atoms with Crippen LogP contribution in [0.25, 0.3) is 6.08 Å². The van der Waals surface area contributed by atoms with Crippen LogP contribution in [0.1, 0.15) is 12.0 Å². The molecule has 0 unspecified atom stereocenters. The predicted octanol–water partition coefficient (Wildman–Crippen LogP) is 3.00. The summed E-state index contributed by atoms with van der Waals surface area (Å²) in [6.45, 7) is -1.37. The first-order valence-corrected chi connectivity index (χ1v) is 12.2. The molecule has 2 aliphatic heterocycles. The summed E-state index contributed by atoms with van der Waals surface area (Å²) < 4.78 is 68.3. The molecule has 2 aromatic carbocycles. The van der Waals surface area contributed by atoms with Crippen molar-refractivity contribution in [1.82, 2.24) is 9.21 Å². The summed E-state index contributed by atoms with van der Waals surface area (Å²) in [6, 6.07) is 10.7. The third-order valence-corrected chi connectivity index (χ3v) is 7.34. The standard InChI is InChI=1S/C23H24F2N2O6S/c24-23(25)33-19-5-2-1-4-17(19)6-9-22(28)26-10-12-27(13-11-26)34(29,30)18-7-8-20-21(16-18)32-15-3-14-31-20/h1-2,4-9,16,23H,3,10-15H2. The Labute approximate surface area is 196 Å². The highest BCUT2D eigenvalue weighted by molar-refractivity contribution is 7.89. The number of piperazine rings is 1. The van der Waals surface area contributed by atoms with Gasteiger partial charge in [0.2, 0.25) is 15.9 Å². The first-order valence-electron chi connectivity index (χ1n) is 10.8. The molecular formula is C23H24F2N2O6S. The maximum atomic E-state index is 13.1. The van der Waals surface area contributed by atoms with Gasteiger partial charge in [-0.25, -0.2) is 8.42 Å². The molecular weight excluding hydrogens is 470 g/mol. The van der Waals surface area contributed by atoms with Gasteiger partial charge in [-0.15, -0.1) is 0 Å². The van der Waals surface area contributed by atoms with Crippen LogP contribution >= 0.6 is 0 Å². The maximum absolute atomic E-state index is 13.1. The summed E-state index contributed by atoms with van der Waals surface area (Å²) in [5, 5.41) is 0. The Kier molecular flexibility index (Phi) is 7.32. The van der Waals surface area contributed by atoms with E-state index in [1.54, 1.807) is 24.3 Å². The Morgan fingerprint density at radius 2 is 1.71 bits per heavy atom. The van der Waals surface area contributed by atoms with Gasteiger partial charge in [0, 0.05) is 50.3 Å². The highest BCUT2D eigenvalue weighted by Crippen LogP contribution is 2.33. The van der Waals surface area contributed by atoms with Gasteiger partial charge in [-0.3, -0.25) is 4.79 Å². The lowest BCUT2D eigenvalue weighted by atomic mass is 10.2. The largest absolute Gasteiger partial charge is 0.490 e. The third-order valence-electron chi connectivity index (χ3n) is 5.45. The number of hydrogen-bond acceptors (Lipinski definition) is 6. The number of rotatable bonds is 6. The number of carbonyl (C=O) groups is 1. The first-order chi connectivity index (χ1) is 16.3. The number of amides is 1. The van der Waals surface area contributed by atoms with Crippen molar-refractivity contribution in [2.75, 3.05) is 39.4 Å². The van der Waals surface area contributed by atoms with Gasteiger partial charge in [-0.05, 0) is 24.3 Å². The molecule has 1 saturated heterocycles. The molecule has 0 spiro atoms. The van der Waals surface area contributed by atoms with E-state index in [4.69, 9.17) is 9.47 Å². The second-order valence-electron chi connectivity index (χ2n) is 7.64. The van der Waals surface area contributed by atoms with E-state index >= 15 is 0 Å². The SMILES string of the molecule is O=C(C=Cc1ccccc1OC(F)F)N1CCN(S(=O)(=O)c2ccc3c(c2)OCCCO3)CC1. The highest BCUT2D eigenvalue weighted by Gasteiger charge is 2.30. The monoisotopic (exact) mass is 494 g/mol. The van der Waals surface area contributed by atoms with Gasteiger partial charge in [-0.2, -0.15) is 13.1 Å². The molecule has 0 radical (unpaired) electrons. The van der Waals surface area contributed by atoms with Crippen LogP contribution in [-0.4, -0.2) is 69.5 Å². The minimum Gasteiger partial charge on any atom is -0.490 e. The first kappa shape index (κ1) is 24.0. The van der Waals surface area contributed by atoms with E-state index in [1.165, 1.54) is 39.6 Å². The minimum atomic E-state index is -3.77. The van der Waals surface area contributed by atoms with Crippen LogP contribution in [0.4, 0.5) is 8.78 Å². The molecule has 34 heavy (non-hydrogen) atoms. The lowest BCUT2D eigenvalue weighted by Crippen LogP contribution is -2.50. The molecule has 0 aliphatic carbocycles. The Balaban J connectivity index is 1.39. The maximum Gasteiger partial charge on any atom is 0.387 e. The molecule has 182 valence electrons. The number of nitrogens with zero attached hydrogens (tertiary/aromatic N) is 2. The van der Waals surface area contributed by atoms with Crippen LogP contribution in [0.5, 0.6) is 17.2 Å². The van der Waals surface area contributed by atoms with E-state index in [0.717, 1.165) is 0 Å². The van der Waals surface area contributed by atoms with Gasteiger partial charge in [-0.1, -0.05) is 18.2 Å². The molecule has 1 amide bonds. The molecule has 0 aromatic heterocycles. The molecule has 0 bridgehead atoms. The van der Waals surface area contributed by atoms with Crippen LogP contribution in [-0.2, 0) is 14.8 Å². The summed E-state index contributed by atoms with van der Waals surface area (Å²) in [4.78, 5) is 14.2. The number of hydrogen-bond donors (Lipinski definition) is 0. The summed E-state index contributed by atoms with van der Waals surface area (Å²) >= 11 is 0. The molecule has 8 nitrogen and oxygen atoms in total. The van der Waals surface area contributed by atoms with Gasteiger partial charge >= 0.3 is 6.61 Å². The van der Waals surface area contributed by atoms with Crippen molar-refractivity contribution in [3.05, 3.63) is 54.1 Å². The van der Waals surface area contributed by atoms with Crippen molar-refractivity contribution in [3.63, 3.8) is 0 Å². The van der Waals surface area contributed by atoms with Gasteiger partial charge in [0.25, 0.3) is 0 Å². The molecule has 4 rings (SSSR count). The van der Waals surface area contributed by atoms with Crippen molar-refractivity contribution in [2.45, 2.75) is 17.9 Å². The fraction of sp³-hybridized carbons (Fsp3) is 0.348. The average molecular weight is 495 g/mol. The van der Waals surface area contributed by atoms with Gasteiger partial charge < -0.3 is 19.1 Å². The zero-order chi connectivity index (χ0) is 24.1. The van der Waals surface area contributed by atoms with Crippen molar-refractivity contribution < 1.29 is 36.2 Å². The van der Waals surface area contributed by atoms with Crippen molar-refractivity contribution >= 4 is 22.0 Å². The van der Waals surface area contributed by atoms with Crippen LogP contribution in [0.15, 0.2) is 53.4 Å². The zero-order valence-corrected chi connectivity index (χ0v) is 19.0. The topological polar surface area (TPSA) is 85.4 Å². The molecule has 1 fully saturated rings. The third kappa shape index (κ3) is 5.48. The van der Waals surface area contributed by atoms with Crippen molar-refractivity contribution in [1.29, 1.82) is 0 Å². The number of halogens is 2. The molecule has 2 aliphatic rings. The quantitative estimate of drug-likeness (QED) is 0.574. The van der Waals surface area contributed by atoms with E-state index < -0.39 is 16.6 Å².